The molecule has 6 rings (SSSR count). The van der Waals surface area contributed by atoms with Crippen molar-refractivity contribution in [2.45, 2.75) is 54.8 Å². The van der Waals surface area contributed by atoms with Crippen molar-refractivity contribution in [3.8, 4) is 5.75 Å². The minimum atomic E-state index is -5.01. The number of piperazine rings is 1. The topological polar surface area (TPSA) is 81.2 Å². The third kappa shape index (κ3) is 5.63. The van der Waals surface area contributed by atoms with Crippen LogP contribution in [0.1, 0.15) is 53.1 Å². The monoisotopic (exact) mass is 651 g/mol. The zero-order chi connectivity index (χ0) is 31.4. The summed E-state index contributed by atoms with van der Waals surface area (Å²) in [6, 6.07) is 13.8. The maximum Gasteiger partial charge on any atom is 0.420 e. The molecule has 2 unspecified atom stereocenters. The van der Waals surface area contributed by atoms with Crippen LogP contribution in [0, 0.1) is 5.82 Å². The van der Waals surface area contributed by atoms with Crippen LogP contribution in [0.4, 0.5) is 23.2 Å². The molecule has 0 aliphatic carbocycles. The Morgan fingerprint density at radius 2 is 1.55 bits per heavy atom. The van der Waals surface area contributed by atoms with E-state index in [4.69, 9.17) is 11.6 Å². The Bertz CT molecular complexity index is 1670. The Kier molecular flexibility index (Phi) is 8.04. The zero-order valence-electron chi connectivity index (χ0n) is 23.5. The van der Waals surface area contributed by atoms with Crippen molar-refractivity contribution in [1.82, 2.24) is 9.21 Å². The molecule has 3 aromatic carbocycles. The number of aromatic hydroxyl groups is 1. The summed E-state index contributed by atoms with van der Waals surface area (Å²) in [6.45, 7) is 0.510. The van der Waals surface area contributed by atoms with Crippen molar-refractivity contribution in [2.75, 3.05) is 31.1 Å². The maximum absolute atomic E-state index is 14.2. The Morgan fingerprint density at radius 1 is 0.909 bits per heavy atom. The molecule has 2 bridgehead atoms. The van der Waals surface area contributed by atoms with Gasteiger partial charge >= 0.3 is 6.18 Å². The van der Waals surface area contributed by atoms with Crippen molar-refractivity contribution in [2.24, 2.45) is 0 Å². The number of benzene rings is 3. The molecule has 1 amide bonds. The predicted octanol–water partition coefficient (Wildman–Crippen LogP) is 6.27. The molecule has 1 N–H and O–H groups in total. The smallest absolute Gasteiger partial charge is 0.420 e. The van der Waals surface area contributed by atoms with Crippen LogP contribution < -0.4 is 4.90 Å². The van der Waals surface area contributed by atoms with Crippen LogP contribution in [0.25, 0.3) is 0 Å². The van der Waals surface area contributed by atoms with Crippen molar-refractivity contribution in [3.05, 3.63) is 88.2 Å². The molecule has 3 aromatic rings. The third-order valence-corrected chi connectivity index (χ3v) is 11.1. The molecular formula is C31H30ClF4N3O4S. The van der Waals surface area contributed by atoms with Crippen LogP contribution in [-0.4, -0.2) is 66.9 Å². The maximum atomic E-state index is 14.2. The van der Waals surface area contributed by atoms with E-state index in [1.54, 1.807) is 4.90 Å². The second-order valence-corrected chi connectivity index (χ2v) is 13.9. The van der Waals surface area contributed by atoms with Crippen LogP contribution in [0.2, 0.25) is 5.02 Å². The SMILES string of the molecule is O=C(c1ccc(F)cc1Cl)N1CC2CCC(C1)N2c1cc(S(=O)(=O)N2CCC(c3ccccc3)CC2)cc(C(F)(F)F)c1O. The van der Waals surface area contributed by atoms with Crippen molar-refractivity contribution in [1.29, 1.82) is 0 Å². The van der Waals surface area contributed by atoms with E-state index >= 15 is 0 Å². The Morgan fingerprint density at radius 3 is 2.14 bits per heavy atom. The number of phenols is 1. The molecule has 0 saturated carbocycles. The first-order valence-corrected chi connectivity index (χ1v) is 16.2. The molecular weight excluding hydrogens is 622 g/mol. The number of carbonyl (C=O) groups excluding carboxylic acids is 1. The molecule has 0 spiro atoms. The Hall–Kier alpha value is -3.35. The van der Waals surface area contributed by atoms with E-state index in [1.165, 1.54) is 15.3 Å². The van der Waals surface area contributed by atoms with Gasteiger partial charge in [-0.2, -0.15) is 17.5 Å². The third-order valence-electron chi connectivity index (χ3n) is 8.94. The average Bonchev–Trinajstić information content (AvgIpc) is 3.24. The highest BCUT2D eigenvalue weighted by molar-refractivity contribution is 7.89. The number of hydrogen-bond donors (Lipinski definition) is 1. The van der Waals surface area contributed by atoms with Gasteiger partial charge in [0.05, 0.1) is 21.2 Å². The highest BCUT2D eigenvalue weighted by Crippen LogP contribution is 2.47. The van der Waals surface area contributed by atoms with Crippen LogP contribution in [-0.2, 0) is 16.2 Å². The number of fused-ring (bicyclic) bond motifs is 2. The largest absolute Gasteiger partial charge is 0.505 e. The summed E-state index contributed by atoms with van der Waals surface area (Å²) in [6.07, 6.45) is -2.94. The molecule has 234 valence electrons. The van der Waals surface area contributed by atoms with Gasteiger partial charge in [-0.25, -0.2) is 12.8 Å². The fourth-order valence-electron chi connectivity index (χ4n) is 6.75. The lowest BCUT2D eigenvalue weighted by Gasteiger charge is -2.43. The first-order chi connectivity index (χ1) is 20.8. The molecule has 0 radical (unpaired) electrons. The number of rotatable bonds is 5. The lowest BCUT2D eigenvalue weighted by Crippen LogP contribution is -2.55. The van der Waals surface area contributed by atoms with Gasteiger partial charge in [-0.15, -0.1) is 0 Å². The number of phenolic OH excluding ortho intramolecular Hbond substituents is 1. The lowest BCUT2D eigenvalue weighted by atomic mass is 9.90. The molecule has 0 aromatic heterocycles. The number of sulfonamides is 1. The minimum absolute atomic E-state index is 0.0528. The number of anilines is 1. The van der Waals surface area contributed by atoms with Gasteiger partial charge in [0.2, 0.25) is 10.0 Å². The molecule has 3 saturated heterocycles. The van der Waals surface area contributed by atoms with Gasteiger partial charge in [0.15, 0.2) is 5.75 Å². The van der Waals surface area contributed by atoms with Gasteiger partial charge in [-0.3, -0.25) is 4.79 Å². The van der Waals surface area contributed by atoms with Crippen molar-refractivity contribution < 1.29 is 35.9 Å². The summed E-state index contributed by atoms with van der Waals surface area (Å²) in [4.78, 5) is 15.8. The van der Waals surface area contributed by atoms with Crippen molar-refractivity contribution >= 4 is 33.2 Å². The fraction of sp³-hybridized carbons (Fsp3) is 0.387. The summed E-state index contributed by atoms with van der Waals surface area (Å²) in [5, 5.41) is 10.9. The number of alkyl halides is 3. The number of amides is 1. The molecule has 7 nitrogen and oxygen atoms in total. The molecule has 3 heterocycles. The number of carbonyl (C=O) groups is 1. The quantitative estimate of drug-likeness (QED) is 0.329. The van der Waals surface area contributed by atoms with Gasteiger partial charge in [-0.1, -0.05) is 41.9 Å². The van der Waals surface area contributed by atoms with Gasteiger partial charge in [0.25, 0.3) is 5.91 Å². The van der Waals surface area contributed by atoms with Crippen LogP contribution in [0.3, 0.4) is 0 Å². The summed E-state index contributed by atoms with van der Waals surface area (Å²) >= 11 is 6.10. The molecule has 3 aliphatic rings. The van der Waals surface area contributed by atoms with Crippen LogP contribution in [0.15, 0.2) is 65.6 Å². The lowest BCUT2D eigenvalue weighted by molar-refractivity contribution is -0.138. The van der Waals surface area contributed by atoms with Gasteiger partial charge in [0.1, 0.15) is 11.4 Å². The number of halogens is 5. The van der Waals surface area contributed by atoms with Crippen LogP contribution in [0.5, 0.6) is 5.75 Å². The normalized spacial score (nSPS) is 21.6. The number of piperidine rings is 1. The average molecular weight is 652 g/mol. The molecule has 3 aliphatic heterocycles. The summed E-state index contributed by atoms with van der Waals surface area (Å²) in [5.74, 6) is -1.94. The Labute approximate surface area is 257 Å². The first-order valence-electron chi connectivity index (χ1n) is 14.4. The second kappa shape index (κ2) is 11.5. The van der Waals surface area contributed by atoms with E-state index in [2.05, 4.69) is 0 Å². The highest BCUT2D eigenvalue weighted by atomic mass is 35.5. The van der Waals surface area contributed by atoms with E-state index in [0.29, 0.717) is 31.7 Å². The van der Waals surface area contributed by atoms with E-state index < -0.39 is 56.2 Å². The van der Waals surface area contributed by atoms with E-state index in [-0.39, 0.29) is 48.4 Å². The molecule has 2 atom stereocenters. The predicted molar refractivity (Wildman–Crippen MR) is 157 cm³/mol. The van der Waals surface area contributed by atoms with E-state index in [9.17, 15) is 35.9 Å². The van der Waals surface area contributed by atoms with E-state index in [0.717, 1.165) is 23.8 Å². The second-order valence-electron chi connectivity index (χ2n) is 11.6. The number of likely N-dealkylation sites (tertiary alicyclic amines) is 1. The molecule has 13 heteroatoms. The van der Waals surface area contributed by atoms with Gasteiger partial charge < -0.3 is 14.9 Å². The summed E-state index contributed by atoms with van der Waals surface area (Å²) in [5.41, 5.74) is -0.460. The zero-order valence-corrected chi connectivity index (χ0v) is 25.0. The van der Waals surface area contributed by atoms with Crippen molar-refractivity contribution in [3.63, 3.8) is 0 Å². The standard InChI is InChI=1S/C31H30ClF4N3O4S/c32-27-14-21(33)6-9-25(27)30(41)37-17-22-7-8-23(18-37)39(22)28-16-24(15-26(29(28)40)31(34,35)36)44(42,43)38-12-10-20(11-13-38)19-4-2-1-3-5-19/h1-6,9,14-16,20,22-23,40H,7-8,10-13,17-18H2. The number of nitrogens with zero attached hydrogens (tertiary/aromatic N) is 3. The van der Waals surface area contributed by atoms with E-state index in [1.807, 2.05) is 30.3 Å². The minimum Gasteiger partial charge on any atom is -0.505 e. The van der Waals surface area contributed by atoms with Crippen LogP contribution >= 0.6 is 11.6 Å². The molecule has 3 fully saturated rings. The molecule has 44 heavy (non-hydrogen) atoms. The summed E-state index contributed by atoms with van der Waals surface area (Å²) in [7, 11) is -4.33. The first kappa shape index (κ1) is 30.7. The Balaban J connectivity index is 1.29. The van der Waals surface area contributed by atoms with Gasteiger partial charge in [0, 0.05) is 38.3 Å². The highest BCUT2D eigenvalue weighted by Gasteiger charge is 2.46. The number of hydrogen-bond acceptors (Lipinski definition) is 5. The summed E-state index contributed by atoms with van der Waals surface area (Å²) < 4.78 is 84.9. The fourth-order valence-corrected chi connectivity index (χ4v) is 8.52. The van der Waals surface area contributed by atoms with Gasteiger partial charge in [-0.05, 0) is 67.5 Å².